The van der Waals surface area contributed by atoms with Crippen molar-refractivity contribution in [1.29, 1.82) is 0 Å². The van der Waals surface area contributed by atoms with Gasteiger partial charge in [-0.2, -0.15) is 0 Å². The third-order valence-electron chi connectivity index (χ3n) is 4.68. The van der Waals surface area contributed by atoms with E-state index in [1.807, 2.05) is 13.8 Å². The molecule has 33 heavy (non-hydrogen) atoms. The largest absolute Gasteiger partial charge is 0.480 e. The van der Waals surface area contributed by atoms with Crippen molar-refractivity contribution < 1.29 is 24.3 Å². The Hall–Kier alpha value is -3.63. The molecule has 3 atom stereocenters. The minimum atomic E-state index is -1.21. The van der Waals surface area contributed by atoms with Crippen LogP contribution in [0.15, 0.2) is 35.3 Å². The number of hydrogen-bond acceptors (Lipinski definition) is 5. The van der Waals surface area contributed by atoms with Gasteiger partial charge in [-0.1, -0.05) is 32.0 Å². The van der Waals surface area contributed by atoms with Crippen LogP contribution >= 0.6 is 0 Å². The Labute approximate surface area is 193 Å². The molecule has 182 valence electrons. The van der Waals surface area contributed by atoms with E-state index in [-0.39, 0.29) is 24.8 Å². The van der Waals surface area contributed by atoms with E-state index in [0.717, 1.165) is 0 Å². The number of carbonyl (C=O) groups is 4. The molecule has 1 aromatic rings. The second kappa shape index (κ2) is 13.7. The second-order valence-electron chi connectivity index (χ2n) is 8.10. The molecule has 0 bridgehead atoms. The van der Waals surface area contributed by atoms with Crippen LogP contribution in [0.5, 0.6) is 0 Å². The first-order valence-corrected chi connectivity index (χ1v) is 10.8. The smallest absolute Gasteiger partial charge is 0.326 e. The summed E-state index contributed by atoms with van der Waals surface area (Å²) < 4.78 is 0. The van der Waals surface area contributed by atoms with E-state index in [1.165, 1.54) is 6.92 Å². The molecule has 11 nitrogen and oxygen atoms in total. The monoisotopic (exact) mass is 462 g/mol. The average molecular weight is 463 g/mol. The Morgan fingerprint density at radius 3 is 2.12 bits per heavy atom. The van der Waals surface area contributed by atoms with Crippen LogP contribution < -0.4 is 27.4 Å². The highest BCUT2D eigenvalue weighted by atomic mass is 16.4. The standard InChI is InChI=1S/C22H34N6O5/c1-13(2)12-17(28-19(30)15-8-5-4-6-9-15)20(31)26-14(3)18(29)27-16(21(32)33)10-7-11-25-22(23)24/h4-6,8-9,13-14,16-17H,7,10-12H2,1-3H3,(H,26,31)(H,27,29)(H,28,30)(H,32,33)(H4,23,24,25)/t14-,16-,17-/m0/s1. The third kappa shape index (κ3) is 10.5. The highest BCUT2D eigenvalue weighted by molar-refractivity contribution is 5.98. The number of carboxylic acid groups (broad SMARTS) is 1. The SMILES string of the molecule is CC(C)C[C@H](NC(=O)c1ccccc1)C(=O)N[C@@H](C)C(=O)N[C@@H](CCCN=C(N)N)C(=O)O. The zero-order valence-electron chi connectivity index (χ0n) is 19.2. The fraction of sp³-hybridized carbons (Fsp3) is 0.500. The van der Waals surface area contributed by atoms with Crippen molar-refractivity contribution in [1.82, 2.24) is 16.0 Å². The minimum absolute atomic E-state index is 0.0995. The zero-order valence-corrected chi connectivity index (χ0v) is 19.2. The number of hydrogen-bond donors (Lipinski definition) is 6. The summed E-state index contributed by atoms with van der Waals surface area (Å²) in [5.74, 6) is -2.80. The van der Waals surface area contributed by atoms with Crippen molar-refractivity contribution in [2.75, 3.05) is 6.54 Å². The molecule has 0 spiro atoms. The number of benzene rings is 1. The molecule has 1 aromatic carbocycles. The van der Waals surface area contributed by atoms with Crippen molar-refractivity contribution in [3.63, 3.8) is 0 Å². The molecule has 11 heteroatoms. The Morgan fingerprint density at radius 1 is 0.939 bits per heavy atom. The Balaban J connectivity index is 2.72. The van der Waals surface area contributed by atoms with Crippen LogP contribution in [0.3, 0.4) is 0 Å². The summed E-state index contributed by atoms with van der Waals surface area (Å²) in [4.78, 5) is 53.0. The molecule has 0 aliphatic carbocycles. The van der Waals surface area contributed by atoms with Crippen LogP contribution in [0.2, 0.25) is 0 Å². The lowest BCUT2D eigenvalue weighted by Crippen LogP contribution is -2.55. The molecule has 8 N–H and O–H groups in total. The highest BCUT2D eigenvalue weighted by Crippen LogP contribution is 2.08. The summed E-state index contributed by atoms with van der Waals surface area (Å²) in [5, 5.41) is 17.0. The van der Waals surface area contributed by atoms with E-state index in [2.05, 4.69) is 20.9 Å². The lowest BCUT2D eigenvalue weighted by atomic mass is 10.0. The minimum Gasteiger partial charge on any atom is -0.480 e. The van der Waals surface area contributed by atoms with Gasteiger partial charge in [-0.3, -0.25) is 19.4 Å². The number of aliphatic carboxylic acids is 1. The van der Waals surface area contributed by atoms with Crippen LogP contribution in [0.25, 0.3) is 0 Å². The van der Waals surface area contributed by atoms with Crippen LogP contribution in [0, 0.1) is 5.92 Å². The Morgan fingerprint density at radius 2 is 1.58 bits per heavy atom. The first-order chi connectivity index (χ1) is 15.5. The lowest BCUT2D eigenvalue weighted by molar-refractivity contribution is -0.142. The Bertz CT molecular complexity index is 839. The third-order valence-corrected chi connectivity index (χ3v) is 4.68. The number of carboxylic acids is 1. The van der Waals surface area contributed by atoms with Gasteiger partial charge in [0.2, 0.25) is 11.8 Å². The summed E-state index contributed by atoms with van der Waals surface area (Å²) >= 11 is 0. The van der Waals surface area contributed by atoms with Gasteiger partial charge in [-0.05, 0) is 44.2 Å². The van der Waals surface area contributed by atoms with E-state index in [1.54, 1.807) is 30.3 Å². The van der Waals surface area contributed by atoms with Crippen LogP contribution in [-0.4, -0.2) is 59.4 Å². The van der Waals surface area contributed by atoms with Crippen molar-refractivity contribution in [3.05, 3.63) is 35.9 Å². The summed E-state index contributed by atoms with van der Waals surface area (Å²) in [6, 6.07) is 5.45. The molecule has 0 aliphatic rings. The maximum absolute atomic E-state index is 12.8. The first kappa shape index (κ1) is 27.4. The van der Waals surface area contributed by atoms with Crippen LogP contribution in [0.1, 0.15) is 50.4 Å². The predicted octanol–water partition coefficient (Wildman–Crippen LogP) is -0.0412. The zero-order chi connectivity index (χ0) is 25.0. The molecular weight excluding hydrogens is 428 g/mol. The molecule has 1 rings (SSSR count). The van der Waals surface area contributed by atoms with Crippen molar-refractivity contribution in [2.45, 2.75) is 58.2 Å². The first-order valence-electron chi connectivity index (χ1n) is 10.8. The number of nitrogens with one attached hydrogen (secondary N) is 3. The maximum atomic E-state index is 12.8. The summed E-state index contributed by atoms with van der Waals surface area (Å²) in [7, 11) is 0. The number of nitrogens with two attached hydrogens (primary N) is 2. The molecule has 0 aliphatic heterocycles. The van der Waals surface area contributed by atoms with E-state index < -0.39 is 41.8 Å². The lowest BCUT2D eigenvalue weighted by Gasteiger charge is -2.23. The molecule has 0 fully saturated rings. The van der Waals surface area contributed by atoms with E-state index >= 15 is 0 Å². The maximum Gasteiger partial charge on any atom is 0.326 e. The molecular formula is C22H34N6O5. The molecule has 0 heterocycles. The van der Waals surface area contributed by atoms with Gasteiger partial charge in [0.05, 0.1) is 0 Å². The fourth-order valence-electron chi connectivity index (χ4n) is 2.97. The van der Waals surface area contributed by atoms with E-state index in [9.17, 15) is 24.3 Å². The molecule has 3 amide bonds. The number of amides is 3. The van der Waals surface area contributed by atoms with Gasteiger partial charge in [0.25, 0.3) is 5.91 Å². The number of aliphatic imine (C=N–C) groups is 1. The number of carbonyl (C=O) groups excluding carboxylic acids is 3. The number of rotatable bonds is 13. The fourth-order valence-corrected chi connectivity index (χ4v) is 2.97. The topological polar surface area (TPSA) is 189 Å². The predicted molar refractivity (Wildman–Crippen MR) is 124 cm³/mol. The van der Waals surface area contributed by atoms with Crippen molar-refractivity contribution in [3.8, 4) is 0 Å². The van der Waals surface area contributed by atoms with Gasteiger partial charge in [0, 0.05) is 12.1 Å². The molecule has 0 radical (unpaired) electrons. The second-order valence-corrected chi connectivity index (χ2v) is 8.10. The summed E-state index contributed by atoms with van der Waals surface area (Å²) in [6.07, 6.45) is 0.820. The van der Waals surface area contributed by atoms with Crippen LogP contribution in [-0.2, 0) is 14.4 Å². The highest BCUT2D eigenvalue weighted by Gasteiger charge is 2.27. The molecule has 0 unspecified atom stereocenters. The summed E-state index contributed by atoms with van der Waals surface area (Å²) in [5.41, 5.74) is 10.9. The van der Waals surface area contributed by atoms with Gasteiger partial charge in [0.1, 0.15) is 18.1 Å². The quantitative estimate of drug-likeness (QED) is 0.135. The normalized spacial score (nSPS) is 13.3. The van der Waals surface area contributed by atoms with E-state index in [0.29, 0.717) is 18.4 Å². The van der Waals surface area contributed by atoms with Gasteiger partial charge >= 0.3 is 5.97 Å². The van der Waals surface area contributed by atoms with Gasteiger partial charge in [-0.15, -0.1) is 0 Å². The van der Waals surface area contributed by atoms with Crippen LogP contribution in [0.4, 0.5) is 0 Å². The van der Waals surface area contributed by atoms with Crippen molar-refractivity contribution in [2.24, 2.45) is 22.4 Å². The molecule has 0 aromatic heterocycles. The van der Waals surface area contributed by atoms with Crippen molar-refractivity contribution >= 4 is 29.7 Å². The van der Waals surface area contributed by atoms with E-state index in [4.69, 9.17) is 11.5 Å². The van der Waals surface area contributed by atoms with Gasteiger partial charge < -0.3 is 32.5 Å². The van der Waals surface area contributed by atoms with Gasteiger partial charge in [-0.25, -0.2) is 4.79 Å². The number of guanidine groups is 1. The summed E-state index contributed by atoms with van der Waals surface area (Å²) in [6.45, 7) is 5.49. The number of nitrogens with zero attached hydrogens (tertiary/aromatic N) is 1. The molecule has 0 saturated carbocycles. The van der Waals surface area contributed by atoms with Gasteiger partial charge in [0.15, 0.2) is 5.96 Å². The molecule has 0 saturated heterocycles. The average Bonchev–Trinajstić information content (AvgIpc) is 2.74. The Kier molecular flexibility index (Phi) is 11.4.